The number of rotatable bonds is 6. The number of pyridine rings is 1. The molecule has 0 aromatic carbocycles. The summed E-state index contributed by atoms with van der Waals surface area (Å²) in [5.74, 6) is 0.123. The van der Waals surface area contributed by atoms with Gasteiger partial charge >= 0.3 is 0 Å². The van der Waals surface area contributed by atoms with Gasteiger partial charge in [-0.3, -0.25) is 4.68 Å². The number of piperidine rings is 1. The van der Waals surface area contributed by atoms with E-state index in [1.54, 1.807) is 6.20 Å². The minimum Gasteiger partial charge on any atom is -0.479 e. The molecule has 3 aromatic heterocycles. The fourth-order valence-corrected chi connectivity index (χ4v) is 5.08. The van der Waals surface area contributed by atoms with Crippen molar-refractivity contribution in [3.63, 3.8) is 0 Å². The summed E-state index contributed by atoms with van der Waals surface area (Å²) in [4.78, 5) is 6.66. The molecule has 0 bridgehead atoms. The highest BCUT2D eigenvalue weighted by molar-refractivity contribution is 5.65. The zero-order chi connectivity index (χ0) is 23.7. The molecule has 0 spiro atoms. The summed E-state index contributed by atoms with van der Waals surface area (Å²) in [6.45, 7) is 9.00. The normalized spacial score (nSPS) is 17.7. The molecule has 2 aliphatic heterocycles. The number of fused-ring (bicyclic) bond motifs is 1. The van der Waals surface area contributed by atoms with Crippen molar-refractivity contribution in [1.82, 2.24) is 29.4 Å². The summed E-state index contributed by atoms with van der Waals surface area (Å²) in [5, 5.41) is 9.57. The van der Waals surface area contributed by atoms with E-state index < -0.39 is 5.82 Å². The van der Waals surface area contributed by atoms with Crippen molar-refractivity contribution in [3.8, 4) is 22.8 Å². The van der Waals surface area contributed by atoms with Gasteiger partial charge in [0.15, 0.2) is 5.82 Å². The molecule has 182 valence electrons. The molecule has 0 unspecified atom stereocenters. The minimum atomic E-state index is -0.496. The molecule has 5 rings (SSSR count). The van der Waals surface area contributed by atoms with Crippen LogP contribution in [-0.2, 0) is 24.1 Å². The van der Waals surface area contributed by atoms with Gasteiger partial charge < -0.3 is 14.4 Å². The first-order valence-corrected chi connectivity index (χ1v) is 12.2. The van der Waals surface area contributed by atoms with Crippen molar-refractivity contribution in [1.29, 1.82) is 0 Å². The second-order valence-electron chi connectivity index (χ2n) is 9.51. The van der Waals surface area contributed by atoms with Crippen LogP contribution in [0.4, 0.5) is 4.39 Å². The lowest BCUT2D eigenvalue weighted by Crippen LogP contribution is -2.39. The predicted octanol–water partition coefficient (Wildman–Crippen LogP) is 3.51. The van der Waals surface area contributed by atoms with Gasteiger partial charge in [-0.15, -0.1) is 0 Å². The lowest BCUT2D eigenvalue weighted by Gasteiger charge is -2.34. The van der Waals surface area contributed by atoms with Gasteiger partial charge in [0.1, 0.15) is 5.69 Å². The van der Waals surface area contributed by atoms with Crippen LogP contribution in [-0.4, -0.2) is 68.9 Å². The Labute approximate surface area is 199 Å². The van der Waals surface area contributed by atoms with Gasteiger partial charge in [0.05, 0.1) is 44.1 Å². The monoisotopic (exact) mass is 468 g/mol. The SMILES string of the molecule is COc1ncc(-c2nn(-c3cnn(CC4CCN(C(C)C)CC4)c3)c3c2CCOCC3)cc1F. The fraction of sp³-hybridized carbons (Fsp3) is 0.560. The smallest absolute Gasteiger partial charge is 0.250 e. The van der Waals surface area contributed by atoms with Crippen LogP contribution in [0.15, 0.2) is 24.7 Å². The summed E-state index contributed by atoms with van der Waals surface area (Å²) < 4.78 is 29.1. The van der Waals surface area contributed by atoms with E-state index in [9.17, 15) is 4.39 Å². The summed E-state index contributed by atoms with van der Waals surface area (Å²) in [7, 11) is 1.41. The summed E-state index contributed by atoms with van der Waals surface area (Å²) in [5.41, 5.74) is 4.47. The molecule has 0 saturated carbocycles. The average Bonchev–Trinajstić information content (AvgIpc) is 3.36. The minimum absolute atomic E-state index is 0.0156. The van der Waals surface area contributed by atoms with E-state index in [1.165, 1.54) is 26.0 Å². The van der Waals surface area contributed by atoms with Crippen LogP contribution in [0.2, 0.25) is 0 Å². The van der Waals surface area contributed by atoms with Crippen LogP contribution in [0.3, 0.4) is 0 Å². The maximum absolute atomic E-state index is 14.4. The van der Waals surface area contributed by atoms with E-state index in [-0.39, 0.29) is 5.88 Å². The van der Waals surface area contributed by atoms with Crippen molar-refractivity contribution in [2.24, 2.45) is 5.92 Å². The number of hydrogen-bond acceptors (Lipinski definition) is 6. The van der Waals surface area contributed by atoms with Crippen LogP contribution in [0, 0.1) is 11.7 Å². The first-order valence-electron chi connectivity index (χ1n) is 12.2. The highest BCUT2D eigenvalue weighted by atomic mass is 19.1. The Hall–Kier alpha value is -2.78. The standard InChI is InChI=1S/C25H33FN6O2/c1-17(2)30-8-4-18(5-9-30)15-31-16-20(14-28-31)32-23-7-11-34-10-6-21(23)24(29-32)19-12-22(26)25(33-3)27-13-19/h12-14,16-18H,4-11,15H2,1-3H3. The molecule has 0 aliphatic carbocycles. The van der Waals surface area contributed by atoms with Gasteiger partial charge in [-0.2, -0.15) is 10.2 Å². The maximum atomic E-state index is 14.4. The van der Waals surface area contributed by atoms with E-state index in [0.29, 0.717) is 30.7 Å². The van der Waals surface area contributed by atoms with Crippen molar-refractivity contribution in [2.75, 3.05) is 33.4 Å². The van der Waals surface area contributed by atoms with E-state index in [2.05, 4.69) is 35.0 Å². The lowest BCUT2D eigenvalue weighted by molar-refractivity contribution is 0.140. The Morgan fingerprint density at radius 2 is 1.97 bits per heavy atom. The molecular weight excluding hydrogens is 435 g/mol. The van der Waals surface area contributed by atoms with Crippen molar-refractivity contribution < 1.29 is 13.9 Å². The molecule has 3 aromatic rings. The second kappa shape index (κ2) is 9.84. The fourth-order valence-electron chi connectivity index (χ4n) is 5.08. The Morgan fingerprint density at radius 3 is 2.71 bits per heavy atom. The molecule has 9 heteroatoms. The summed E-state index contributed by atoms with van der Waals surface area (Å²) >= 11 is 0. The number of hydrogen-bond donors (Lipinski definition) is 0. The number of methoxy groups -OCH3 is 1. The quantitative estimate of drug-likeness (QED) is 0.551. The number of nitrogens with zero attached hydrogens (tertiary/aromatic N) is 6. The first-order chi connectivity index (χ1) is 16.5. The molecule has 0 amide bonds. The van der Waals surface area contributed by atoms with Crippen LogP contribution in [0.5, 0.6) is 5.88 Å². The first kappa shape index (κ1) is 23.0. The van der Waals surface area contributed by atoms with Crippen molar-refractivity contribution in [2.45, 2.75) is 52.1 Å². The third kappa shape index (κ3) is 4.59. The largest absolute Gasteiger partial charge is 0.479 e. The lowest BCUT2D eigenvalue weighted by atomic mass is 9.96. The highest BCUT2D eigenvalue weighted by Gasteiger charge is 2.25. The summed E-state index contributed by atoms with van der Waals surface area (Å²) in [6, 6.07) is 2.05. The number of aromatic nitrogens is 5. The zero-order valence-electron chi connectivity index (χ0n) is 20.2. The summed E-state index contributed by atoms with van der Waals surface area (Å²) in [6.07, 6.45) is 9.43. The van der Waals surface area contributed by atoms with Crippen LogP contribution >= 0.6 is 0 Å². The van der Waals surface area contributed by atoms with E-state index in [4.69, 9.17) is 14.6 Å². The van der Waals surface area contributed by atoms with Gasteiger partial charge in [0.25, 0.3) is 0 Å². The Morgan fingerprint density at radius 1 is 1.18 bits per heavy atom. The number of halogens is 1. The maximum Gasteiger partial charge on any atom is 0.250 e. The van der Waals surface area contributed by atoms with E-state index in [1.807, 2.05) is 15.6 Å². The molecule has 5 heterocycles. The van der Waals surface area contributed by atoms with Crippen molar-refractivity contribution in [3.05, 3.63) is 41.7 Å². The van der Waals surface area contributed by atoms with Gasteiger partial charge in [-0.25, -0.2) is 14.1 Å². The Bertz CT molecular complexity index is 1130. The molecule has 0 N–H and O–H groups in total. The van der Waals surface area contributed by atoms with Crippen molar-refractivity contribution >= 4 is 0 Å². The van der Waals surface area contributed by atoms with E-state index >= 15 is 0 Å². The van der Waals surface area contributed by atoms with Gasteiger partial charge in [-0.05, 0) is 58.2 Å². The van der Waals surface area contributed by atoms with Crippen LogP contribution in [0.1, 0.15) is 37.9 Å². The van der Waals surface area contributed by atoms with E-state index in [0.717, 1.165) is 55.1 Å². The Balaban J connectivity index is 1.41. The van der Waals surface area contributed by atoms with Gasteiger partial charge in [-0.1, -0.05) is 0 Å². The highest BCUT2D eigenvalue weighted by Crippen LogP contribution is 2.31. The molecule has 0 radical (unpaired) electrons. The van der Waals surface area contributed by atoms with Gasteiger partial charge in [0, 0.05) is 36.3 Å². The third-order valence-electron chi connectivity index (χ3n) is 7.03. The zero-order valence-corrected chi connectivity index (χ0v) is 20.2. The van der Waals surface area contributed by atoms with Crippen LogP contribution in [0.25, 0.3) is 16.9 Å². The molecule has 0 atom stereocenters. The Kier molecular flexibility index (Phi) is 6.65. The molecule has 2 aliphatic rings. The van der Waals surface area contributed by atoms with Crippen LogP contribution < -0.4 is 4.74 Å². The number of ether oxygens (including phenoxy) is 2. The number of likely N-dealkylation sites (tertiary alicyclic amines) is 1. The molecule has 34 heavy (non-hydrogen) atoms. The molecule has 1 saturated heterocycles. The molecule has 8 nitrogen and oxygen atoms in total. The average molecular weight is 469 g/mol. The molecular formula is C25H33FN6O2. The molecule has 1 fully saturated rings. The van der Waals surface area contributed by atoms with Gasteiger partial charge in [0.2, 0.25) is 5.88 Å². The third-order valence-corrected chi connectivity index (χ3v) is 7.03. The predicted molar refractivity (Wildman–Crippen MR) is 127 cm³/mol. The second-order valence-corrected chi connectivity index (χ2v) is 9.51. The topological polar surface area (TPSA) is 70.2 Å².